The third-order valence-corrected chi connectivity index (χ3v) is 9.54. The molecule has 0 N–H and O–H groups in total. The van der Waals surface area contributed by atoms with E-state index in [4.69, 9.17) is 14.2 Å². The number of rotatable bonds is 41. The molecule has 0 amide bonds. The third kappa shape index (κ3) is 42.3. The first-order valence-corrected chi connectivity index (χ1v) is 22.8. The van der Waals surface area contributed by atoms with E-state index in [9.17, 15) is 9.59 Å². The van der Waals surface area contributed by atoms with Crippen LogP contribution in [0, 0.1) is 0 Å². The summed E-state index contributed by atoms with van der Waals surface area (Å²) >= 11 is 0. The first-order valence-electron chi connectivity index (χ1n) is 22.8. The number of carbonyl (C=O) groups is 2. The smallest absolute Gasteiger partial charge is 0.306 e. The molecule has 0 rings (SSSR count). The van der Waals surface area contributed by atoms with E-state index in [0.717, 1.165) is 89.9 Å². The van der Waals surface area contributed by atoms with Crippen LogP contribution in [0.2, 0.25) is 0 Å². The number of allylic oxidation sites excluding steroid dienone is 10. The van der Waals surface area contributed by atoms with E-state index in [1.165, 1.54) is 89.9 Å². The van der Waals surface area contributed by atoms with Crippen LogP contribution in [0.25, 0.3) is 0 Å². The fourth-order valence-electron chi connectivity index (χ4n) is 6.14. The highest BCUT2D eigenvalue weighted by Crippen LogP contribution is 2.13. The van der Waals surface area contributed by atoms with Gasteiger partial charge in [0.15, 0.2) is 6.10 Å². The molecule has 0 aromatic rings. The summed E-state index contributed by atoms with van der Waals surface area (Å²) in [6, 6.07) is 0. The average Bonchev–Trinajstić information content (AvgIpc) is 3.17. The summed E-state index contributed by atoms with van der Waals surface area (Å²) in [6.45, 7) is 7.56. The lowest BCUT2D eigenvalue weighted by Gasteiger charge is -2.18. The molecule has 0 aromatic heterocycles. The minimum Gasteiger partial charge on any atom is -0.462 e. The molecule has 0 aliphatic heterocycles. The van der Waals surface area contributed by atoms with Gasteiger partial charge in [-0.3, -0.25) is 9.59 Å². The van der Waals surface area contributed by atoms with Gasteiger partial charge in [-0.1, -0.05) is 178 Å². The van der Waals surface area contributed by atoms with Gasteiger partial charge in [-0.2, -0.15) is 0 Å². The average molecular weight is 755 g/mol. The Morgan fingerprint density at radius 2 is 0.833 bits per heavy atom. The molecule has 312 valence electrons. The van der Waals surface area contributed by atoms with Crippen LogP contribution in [-0.2, 0) is 23.8 Å². The van der Waals surface area contributed by atoms with Gasteiger partial charge in [0, 0.05) is 19.4 Å². The second-order valence-corrected chi connectivity index (χ2v) is 14.9. The van der Waals surface area contributed by atoms with Crippen molar-refractivity contribution in [2.45, 2.75) is 219 Å². The van der Waals surface area contributed by atoms with E-state index < -0.39 is 6.10 Å². The zero-order valence-electron chi connectivity index (χ0n) is 35.7. The van der Waals surface area contributed by atoms with E-state index in [-0.39, 0.29) is 25.2 Å². The first-order chi connectivity index (χ1) is 26.6. The van der Waals surface area contributed by atoms with Crippen LogP contribution in [0.15, 0.2) is 60.8 Å². The Morgan fingerprint density at radius 3 is 1.35 bits per heavy atom. The van der Waals surface area contributed by atoms with Crippen molar-refractivity contribution in [2.24, 2.45) is 0 Å². The third-order valence-electron chi connectivity index (χ3n) is 9.54. The summed E-state index contributed by atoms with van der Waals surface area (Å²) in [5.74, 6) is -0.433. The van der Waals surface area contributed by atoms with Gasteiger partial charge < -0.3 is 14.2 Å². The molecule has 54 heavy (non-hydrogen) atoms. The maximum atomic E-state index is 12.5. The molecule has 0 radical (unpaired) electrons. The van der Waals surface area contributed by atoms with Gasteiger partial charge in [0.05, 0.1) is 6.61 Å². The summed E-state index contributed by atoms with van der Waals surface area (Å²) in [7, 11) is 0. The molecule has 0 bridgehead atoms. The van der Waals surface area contributed by atoms with E-state index in [1.54, 1.807) is 0 Å². The second-order valence-electron chi connectivity index (χ2n) is 14.9. The lowest BCUT2D eigenvalue weighted by atomic mass is 10.1. The van der Waals surface area contributed by atoms with E-state index in [1.807, 2.05) is 0 Å². The number of ether oxygens (including phenoxy) is 3. The largest absolute Gasteiger partial charge is 0.462 e. The topological polar surface area (TPSA) is 61.8 Å². The van der Waals surface area contributed by atoms with Gasteiger partial charge in [-0.25, -0.2) is 0 Å². The van der Waals surface area contributed by atoms with Crippen LogP contribution < -0.4 is 0 Å². The second kappa shape index (κ2) is 45.0. The Hall–Kier alpha value is -2.40. The van der Waals surface area contributed by atoms with Crippen molar-refractivity contribution in [3.8, 4) is 0 Å². The monoisotopic (exact) mass is 755 g/mol. The van der Waals surface area contributed by atoms with Crippen molar-refractivity contribution in [2.75, 3.05) is 19.8 Å². The van der Waals surface area contributed by atoms with Crippen LogP contribution >= 0.6 is 0 Å². The number of unbranched alkanes of at least 4 members (excludes halogenated alkanes) is 20. The molecule has 0 spiro atoms. The van der Waals surface area contributed by atoms with Gasteiger partial charge >= 0.3 is 11.9 Å². The number of hydrogen-bond acceptors (Lipinski definition) is 5. The van der Waals surface area contributed by atoms with Crippen molar-refractivity contribution in [3.05, 3.63) is 60.8 Å². The summed E-state index contributed by atoms with van der Waals surface area (Å²) in [5.41, 5.74) is 0. The molecule has 0 fully saturated rings. The highest BCUT2D eigenvalue weighted by molar-refractivity contribution is 5.70. The lowest BCUT2D eigenvalue weighted by Crippen LogP contribution is -2.30. The van der Waals surface area contributed by atoms with E-state index in [0.29, 0.717) is 19.4 Å². The molecule has 5 heteroatoms. The zero-order chi connectivity index (χ0) is 39.3. The maximum absolute atomic E-state index is 12.5. The predicted octanol–water partition coefficient (Wildman–Crippen LogP) is 15.0. The van der Waals surface area contributed by atoms with Crippen LogP contribution in [0.5, 0.6) is 0 Å². The van der Waals surface area contributed by atoms with Gasteiger partial charge in [0.1, 0.15) is 6.61 Å². The van der Waals surface area contributed by atoms with Crippen molar-refractivity contribution < 1.29 is 23.8 Å². The summed E-state index contributed by atoms with van der Waals surface area (Å²) in [6.07, 6.45) is 55.4. The quantitative estimate of drug-likeness (QED) is 0.0353. The molecule has 0 saturated heterocycles. The Balaban J connectivity index is 4.11. The van der Waals surface area contributed by atoms with Gasteiger partial charge in [-0.05, 0) is 83.5 Å². The molecule has 0 aromatic carbocycles. The molecule has 5 nitrogen and oxygen atoms in total. The Bertz CT molecular complexity index is 946. The SMILES string of the molecule is CC/C=C\C/C=C\C/C=C\C/C=C\CCCCCOCC(COC(=O)CCCCCCCCC/C=C\CCCCCCCC)OC(=O)CCCCCCC. The normalized spacial score (nSPS) is 12.7. The molecule has 1 atom stereocenters. The van der Waals surface area contributed by atoms with Crippen molar-refractivity contribution in [1.29, 1.82) is 0 Å². The standard InChI is InChI=1S/C49H86O5/c1-4-7-10-13-15-17-19-21-23-25-26-28-30-32-34-37-39-42-48(50)53-46-47(54-49(51)43-40-36-12-9-6-3)45-52-44-41-38-35-33-31-29-27-24-22-20-18-16-14-11-8-5-2/h8,11,16,18,21-24,29,31,47H,4-7,9-10,12-15,17,19-20,25-28,30,32-46H2,1-3H3/b11-8-,18-16-,23-21-,24-22-,31-29-. The van der Waals surface area contributed by atoms with Gasteiger partial charge in [0.2, 0.25) is 0 Å². The van der Waals surface area contributed by atoms with E-state index in [2.05, 4.69) is 81.5 Å². The van der Waals surface area contributed by atoms with Crippen molar-refractivity contribution in [1.82, 2.24) is 0 Å². The first kappa shape index (κ1) is 51.6. The zero-order valence-corrected chi connectivity index (χ0v) is 35.7. The number of carbonyl (C=O) groups excluding carboxylic acids is 2. The van der Waals surface area contributed by atoms with Gasteiger partial charge in [0.25, 0.3) is 0 Å². The highest BCUT2D eigenvalue weighted by Gasteiger charge is 2.17. The van der Waals surface area contributed by atoms with Crippen molar-refractivity contribution in [3.63, 3.8) is 0 Å². The van der Waals surface area contributed by atoms with Crippen molar-refractivity contribution >= 4 is 11.9 Å². The van der Waals surface area contributed by atoms with Crippen LogP contribution in [0.3, 0.4) is 0 Å². The predicted molar refractivity (Wildman–Crippen MR) is 233 cm³/mol. The molecule has 0 heterocycles. The summed E-state index contributed by atoms with van der Waals surface area (Å²) in [5, 5.41) is 0. The summed E-state index contributed by atoms with van der Waals surface area (Å²) < 4.78 is 17.2. The Morgan fingerprint density at radius 1 is 0.426 bits per heavy atom. The maximum Gasteiger partial charge on any atom is 0.306 e. The minimum atomic E-state index is -0.549. The van der Waals surface area contributed by atoms with Crippen LogP contribution in [0.4, 0.5) is 0 Å². The molecule has 0 aliphatic carbocycles. The molecule has 0 aliphatic rings. The Labute approximate surface area is 334 Å². The highest BCUT2D eigenvalue weighted by atomic mass is 16.6. The Kier molecular flexibility index (Phi) is 43.0. The molecule has 0 saturated carbocycles. The number of hydrogen-bond donors (Lipinski definition) is 0. The fourth-order valence-corrected chi connectivity index (χ4v) is 6.14. The fraction of sp³-hybridized carbons (Fsp3) is 0.755. The molecular formula is C49H86O5. The number of esters is 2. The van der Waals surface area contributed by atoms with Crippen LogP contribution in [0.1, 0.15) is 213 Å². The van der Waals surface area contributed by atoms with Crippen LogP contribution in [-0.4, -0.2) is 37.9 Å². The van der Waals surface area contributed by atoms with Gasteiger partial charge in [-0.15, -0.1) is 0 Å². The molecular weight excluding hydrogens is 669 g/mol. The summed E-state index contributed by atoms with van der Waals surface area (Å²) in [4.78, 5) is 25.0. The van der Waals surface area contributed by atoms with E-state index >= 15 is 0 Å². The molecule has 1 unspecified atom stereocenters. The lowest BCUT2D eigenvalue weighted by molar-refractivity contribution is -0.163. The minimum absolute atomic E-state index is 0.0691.